The van der Waals surface area contributed by atoms with Gasteiger partial charge in [-0.1, -0.05) is 0 Å². The molecule has 4 rings (SSSR count). The molecule has 0 aliphatic heterocycles. The van der Waals surface area contributed by atoms with Gasteiger partial charge in [-0.25, -0.2) is 0 Å². The van der Waals surface area contributed by atoms with E-state index in [0.29, 0.717) is 36.2 Å². The molecule has 0 amide bonds. The summed E-state index contributed by atoms with van der Waals surface area (Å²) in [5.41, 5.74) is -0.446. The highest BCUT2D eigenvalue weighted by Gasteiger charge is 2.55. The van der Waals surface area contributed by atoms with Gasteiger partial charge in [0.05, 0.1) is 17.9 Å². The van der Waals surface area contributed by atoms with Crippen LogP contribution >= 0.6 is 0 Å². The second kappa shape index (κ2) is 6.90. The van der Waals surface area contributed by atoms with Gasteiger partial charge in [-0.15, -0.1) is 0 Å². The molecule has 142 valence electrons. The van der Waals surface area contributed by atoms with Gasteiger partial charge in [-0.3, -0.25) is 9.59 Å². The Bertz CT molecular complexity index is 491. The first-order valence-corrected chi connectivity index (χ1v) is 9.61. The van der Waals surface area contributed by atoms with Crippen LogP contribution in [0, 0.1) is 40.9 Å². The highest BCUT2D eigenvalue weighted by Crippen LogP contribution is 2.59. The third kappa shape index (κ3) is 3.71. The number of hydrogen-bond acceptors (Lipinski definition) is 5. The Morgan fingerprint density at radius 3 is 1.96 bits per heavy atom. The van der Waals surface area contributed by atoms with Crippen LogP contribution in [0.3, 0.4) is 0 Å². The molecule has 4 bridgehead atoms. The van der Waals surface area contributed by atoms with Crippen molar-refractivity contribution in [3.05, 3.63) is 0 Å². The number of carbonyl (C=O) groups is 2. The monoisotopic (exact) mass is 352 g/mol. The third-order valence-corrected chi connectivity index (χ3v) is 6.55. The third-order valence-electron chi connectivity index (χ3n) is 6.55. The van der Waals surface area contributed by atoms with Gasteiger partial charge in [0.2, 0.25) is 0 Å². The van der Waals surface area contributed by atoms with Gasteiger partial charge in [0, 0.05) is 7.11 Å². The van der Waals surface area contributed by atoms with Crippen molar-refractivity contribution in [1.82, 2.24) is 0 Å². The van der Waals surface area contributed by atoms with Gasteiger partial charge in [-0.2, -0.15) is 0 Å². The number of carbonyl (C=O) groups excluding carboxylic acids is 2. The van der Waals surface area contributed by atoms with E-state index in [1.54, 1.807) is 14.0 Å². The summed E-state index contributed by atoms with van der Waals surface area (Å²) in [5.74, 6) is 2.31. The van der Waals surface area contributed by atoms with Crippen molar-refractivity contribution in [2.24, 2.45) is 40.9 Å². The van der Waals surface area contributed by atoms with Gasteiger partial charge in [-0.05, 0) is 83.0 Å². The molecule has 0 heterocycles. The lowest BCUT2D eigenvalue weighted by atomic mass is 9.48. The van der Waals surface area contributed by atoms with Crippen molar-refractivity contribution in [2.75, 3.05) is 13.7 Å². The molecular weight excluding hydrogens is 320 g/mol. The van der Waals surface area contributed by atoms with E-state index in [9.17, 15) is 9.59 Å². The Balaban J connectivity index is 1.59. The van der Waals surface area contributed by atoms with E-state index < -0.39 is 11.7 Å². The minimum absolute atomic E-state index is 0.0307. The maximum atomic E-state index is 12.5. The zero-order valence-electron chi connectivity index (χ0n) is 16.1. The van der Waals surface area contributed by atoms with Crippen LogP contribution in [0.2, 0.25) is 0 Å². The van der Waals surface area contributed by atoms with Crippen LogP contribution in [0.4, 0.5) is 0 Å². The predicted octanol–water partition coefficient (Wildman–Crippen LogP) is 3.41. The molecule has 0 aromatic carbocycles. The first kappa shape index (κ1) is 18.7. The Kier molecular flexibility index (Phi) is 5.16. The van der Waals surface area contributed by atoms with E-state index in [1.807, 2.05) is 20.8 Å². The molecule has 5 heteroatoms. The lowest BCUT2D eigenvalue weighted by Crippen LogP contribution is -2.54. The van der Waals surface area contributed by atoms with Crippen LogP contribution in [-0.2, 0) is 23.8 Å². The SMILES string of the molecule is COC(C)OC(=O)C1C2CC3CC1CC(C2)C3COC(=O)C(C)(C)C. The molecule has 0 aromatic heterocycles. The molecular formula is C20H32O5. The highest BCUT2D eigenvalue weighted by molar-refractivity contribution is 5.75. The summed E-state index contributed by atoms with van der Waals surface area (Å²) in [7, 11) is 1.55. The summed E-state index contributed by atoms with van der Waals surface area (Å²) in [6.07, 6.45) is 3.77. The molecule has 0 spiro atoms. The Morgan fingerprint density at radius 1 is 1.00 bits per heavy atom. The smallest absolute Gasteiger partial charge is 0.311 e. The summed E-state index contributed by atoms with van der Waals surface area (Å²) in [4.78, 5) is 24.6. The molecule has 25 heavy (non-hydrogen) atoms. The average Bonchev–Trinajstić information content (AvgIpc) is 2.51. The van der Waals surface area contributed by atoms with Crippen LogP contribution < -0.4 is 0 Å². The normalized spacial score (nSPS) is 37.6. The number of rotatable bonds is 5. The largest absolute Gasteiger partial charge is 0.465 e. The Labute approximate surface area is 150 Å². The van der Waals surface area contributed by atoms with Gasteiger partial charge in [0.1, 0.15) is 0 Å². The zero-order valence-corrected chi connectivity index (χ0v) is 16.1. The molecule has 4 aliphatic carbocycles. The van der Waals surface area contributed by atoms with Gasteiger partial charge in [0.15, 0.2) is 6.29 Å². The molecule has 0 aromatic rings. The minimum Gasteiger partial charge on any atom is -0.465 e. The number of hydrogen-bond donors (Lipinski definition) is 0. The molecule has 1 atom stereocenters. The Hall–Kier alpha value is -1.10. The summed E-state index contributed by atoms with van der Waals surface area (Å²) >= 11 is 0. The van der Waals surface area contributed by atoms with Crippen LogP contribution in [0.25, 0.3) is 0 Å². The first-order chi connectivity index (χ1) is 11.7. The van der Waals surface area contributed by atoms with Crippen LogP contribution in [0.1, 0.15) is 53.4 Å². The lowest BCUT2D eigenvalue weighted by Gasteiger charge is -2.57. The summed E-state index contributed by atoms with van der Waals surface area (Å²) in [5, 5.41) is 0. The molecule has 0 radical (unpaired) electrons. The number of methoxy groups -OCH3 is 1. The number of esters is 2. The lowest BCUT2D eigenvalue weighted by molar-refractivity contribution is -0.191. The van der Waals surface area contributed by atoms with Crippen molar-refractivity contribution in [2.45, 2.75) is 59.7 Å². The van der Waals surface area contributed by atoms with Crippen LogP contribution in [-0.4, -0.2) is 31.9 Å². The molecule has 0 saturated heterocycles. The van der Waals surface area contributed by atoms with Crippen molar-refractivity contribution < 1.29 is 23.8 Å². The van der Waals surface area contributed by atoms with Gasteiger partial charge >= 0.3 is 11.9 Å². The van der Waals surface area contributed by atoms with Crippen molar-refractivity contribution >= 4 is 11.9 Å². The van der Waals surface area contributed by atoms with Crippen molar-refractivity contribution in [3.8, 4) is 0 Å². The fraction of sp³-hybridized carbons (Fsp3) is 0.900. The topological polar surface area (TPSA) is 61.8 Å². The second-order valence-electron chi connectivity index (χ2n) is 9.26. The summed E-state index contributed by atoms with van der Waals surface area (Å²) < 4.78 is 16.1. The Morgan fingerprint density at radius 2 is 1.52 bits per heavy atom. The molecule has 0 N–H and O–H groups in total. The van der Waals surface area contributed by atoms with E-state index >= 15 is 0 Å². The first-order valence-electron chi connectivity index (χ1n) is 9.61. The van der Waals surface area contributed by atoms with Crippen molar-refractivity contribution in [1.29, 1.82) is 0 Å². The van der Waals surface area contributed by atoms with E-state index in [2.05, 4.69) is 0 Å². The molecule has 1 unspecified atom stereocenters. The minimum atomic E-state index is -0.478. The van der Waals surface area contributed by atoms with Crippen molar-refractivity contribution in [3.63, 3.8) is 0 Å². The van der Waals surface area contributed by atoms with Gasteiger partial charge < -0.3 is 14.2 Å². The van der Waals surface area contributed by atoms with Gasteiger partial charge in [0.25, 0.3) is 0 Å². The highest BCUT2D eigenvalue weighted by atomic mass is 16.7. The second-order valence-corrected chi connectivity index (χ2v) is 9.26. The predicted molar refractivity (Wildman–Crippen MR) is 92.4 cm³/mol. The van der Waals surface area contributed by atoms with Crippen LogP contribution in [0.5, 0.6) is 0 Å². The molecule has 4 fully saturated rings. The zero-order chi connectivity index (χ0) is 18.4. The van der Waals surface area contributed by atoms with E-state index in [4.69, 9.17) is 14.2 Å². The summed E-state index contributed by atoms with van der Waals surface area (Å²) in [6.45, 7) is 7.98. The van der Waals surface area contributed by atoms with E-state index in [1.165, 1.54) is 0 Å². The standard InChI is InChI=1S/C20H32O5/c1-11(23-5)25-18(21)17-14-6-12-7-15(17)9-13(8-14)16(12)10-24-19(22)20(2,3)4/h11-17H,6-10H2,1-5H3. The van der Waals surface area contributed by atoms with Crippen LogP contribution in [0.15, 0.2) is 0 Å². The quantitative estimate of drug-likeness (QED) is 0.560. The summed E-state index contributed by atoms with van der Waals surface area (Å²) in [6, 6.07) is 0. The molecule has 4 aliphatic rings. The van der Waals surface area contributed by atoms with E-state index in [0.717, 1.165) is 25.7 Å². The molecule has 5 nitrogen and oxygen atoms in total. The fourth-order valence-corrected chi connectivity index (χ4v) is 5.33. The number of ether oxygens (including phenoxy) is 3. The molecule has 4 saturated carbocycles. The maximum absolute atomic E-state index is 12.5. The average molecular weight is 352 g/mol. The van der Waals surface area contributed by atoms with E-state index in [-0.39, 0.29) is 17.9 Å². The maximum Gasteiger partial charge on any atom is 0.311 e. The fourth-order valence-electron chi connectivity index (χ4n) is 5.33.